The molecule has 0 radical (unpaired) electrons. The van der Waals surface area contributed by atoms with Gasteiger partial charge in [0, 0.05) is 15.5 Å². The number of rotatable bonds is 5. The maximum absolute atomic E-state index is 12.4. The molecular formula is C19H22N2O4S. The molecule has 3 N–H and O–H groups in total. The first kappa shape index (κ1) is 17.7. The summed E-state index contributed by atoms with van der Waals surface area (Å²) in [5.74, 6) is 0.781. The molecule has 138 valence electrons. The lowest BCUT2D eigenvalue weighted by Gasteiger charge is -2.09. The highest BCUT2D eigenvalue weighted by atomic mass is 32.2. The van der Waals surface area contributed by atoms with Gasteiger partial charge in [0.15, 0.2) is 0 Å². The van der Waals surface area contributed by atoms with E-state index in [1.165, 1.54) is 18.2 Å². The Hall–Kier alpha value is -3.16. The molecule has 3 aromatic carbocycles. The summed E-state index contributed by atoms with van der Waals surface area (Å²) in [6.07, 6.45) is 0. The summed E-state index contributed by atoms with van der Waals surface area (Å²) in [5.41, 5.74) is 0.704. The molecule has 0 spiro atoms. The Kier molecular flexibility index (Phi) is 5.01. The van der Waals surface area contributed by atoms with Crippen molar-refractivity contribution in [2.45, 2.75) is 4.90 Å². The van der Waals surface area contributed by atoms with Crippen LogP contribution in [0, 0.1) is 0 Å². The molecule has 0 bridgehead atoms. The van der Waals surface area contributed by atoms with Crippen LogP contribution in [0.1, 0.15) is 14.6 Å². The average Bonchev–Trinajstić information content (AvgIpc) is 2.62. The van der Waals surface area contributed by atoms with Crippen molar-refractivity contribution in [1.82, 2.24) is 0 Å². The molecule has 0 unspecified atom stereocenters. The van der Waals surface area contributed by atoms with Gasteiger partial charge < -0.3 is 10.1 Å². The lowest BCUT2D eigenvalue weighted by Crippen LogP contribution is -2.14. The molecular weight excluding hydrogens is 352 g/mol. The number of carbonyl (C=O) groups excluding carboxylic acids is 1. The zero-order valence-corrected chi connectivity index (χ0v) is 14.4. The molecule has 0 aromatic heterocycles. The number of benzene rings is 3. The van der Waals surface area contributed by atoms with Crippen LogP contribution in [0.25, 0.3) is 0 Å². The van der Waals surface area contributed by atoms with E-state index in [-0.39, 0.29) is 9.18 Å². The Labute approximate surface area is 155 Å². The number of hydrogen-bond donors (Lipinski definition) is 2. The van der Waals surface area contributed by atoms with Gasteiger partial charge in [-0.05, 0) is 48.5 Å². The number of nitrogens with two attached hydrogens (primary N) is 1. The van der Waals surface area contributed by atoms with Crippen molar-refractivity contribution in [3.63, 3.8) is 0 Å². The van der Waals surface area contributed by atoms with Gasteiger partial charge in [0.05, 0.1) is 4.90 Å². The van der Waals surface area contributed by atoms with Gasteiger partial charge in [0.25, 0.3) is 5.91 Å². The molecule has 7 heteroatoms. The largest absolute Gasteiger partial charge is 0.457 e. The second-order valence-corrected chi connectivity index (χ2v) is 7.03. The van der Waals surface area contributed by atoms with E-state index in [4.69, 9.17) is 9.88 Å². The molecule has 0 aliphatic heterocycles. The third-order valence-electron chi connectivity index (χ3n) is 3.50. The van der Waals surface area contributed by atoms with Crippen LogP contribution in [-0.4, -0.2) is 14.3 Å². The van der Waals surface area contributed by atoms with Gasteiger partial charge in [-0.15, -0.1) is 0 Å². The molecule has 0 saturated heterocycles. The van der Waals surface area contributed by atoms with Crippen LogP contribution in [0.15, 0.2) is 83.8 Å². The fourth-order valence-electron chi connectivity index (χ4n) is 2.28. The van der Waals surface area contributed by atoms with Crippen molar-refractivity contribution in [2.24, 2.45) is 5.14 Å². The van der Waals surface area contributed by atoms with E-state index in [1.807, 2.05) is 30.3 Å². The van der Waals surface area contributed by atoms with Crippen molar-refractivity contribution < 1.29 is 22.2 Å². The van der Waals surface area contributed by atoms with E-state index < -0.39 is 15.9 Å². The first-order valence-electron chi connectivity index (χ1n) is 7.69. The molecule has 1 amide bonds. The summed E-state index contributed by atoms with van der Waals surface area (Å²) < 4.78 is 28.5. The fourth-order valence-corrected chi connectivity index (χ4v) is 2.84. The van der Waals surface area contributed by atoms with Gasteiger partial charge in [0.2, 0.25) is 10.0 Å². The predicted molar refractivity (Wildman–Crippen MR) is 105 cm³/mol. The molecule has 26 heavy (non-hydrogen) atoms. The van der Waals surface area contributed by atoms with E-state index in [0.717, 1.165) is 0 Å². The molecule has 0 saturated carbocycles. The molecule has 6 nitrogen and oxygen atoms in total. The molecule has 0 aliphatic carbocycles. The van der Waals surface area contributed by atoms with Crippen LogP contribution in [-0.2, 0) is 10.0 Å². The molecule has 0 fully saturated rings. The minimum absolute atomic E-state index is 0. The summed E-state index contributed by atoms with van der Waals surface area (Å²) in [6.45, 7) is 0. The Bertz CT molecular complexity index is 1050. The number of ether oxygens (including phenoxy) is 1. The maximum Gasteiger partial charge on any atom is 0.255 e. The number of primary sulfonamides is 1. The fraction of sp³-hybridized carbons (Fsp3) is 0. The lowest BCUT2D eigenvalue weighted by atomic mass is 10.2. The second kappa shape index (κ2) is 7.38. The van der Waals surface area contributed by atoms with Crippen molar-refractivity contribution in [2.75, 3.05) is 5.32 Å². The summed E-state index contributed by atoms with van der Waals surface area (Å²) in [5, 5.41) is 7.75. The average molecular weight is 374 g/mol. The van der Waals surface area contributed by atoms with Crippen LogP contribution >= 0.6 is 0 Å². The van der Waals surface area contributed by atoms with Gasteiger partial charge in [-0.25, -0.2) is 13.6 Å². The normalized spacial score (nSPS) is 11.0. The Morgan fingerprint density at radius 2 is 1.58 bits per heavy atom. The maximum atomic E-state index is 12.4. The standard InChI is InChI=1S/C19H16N2O4S.3H2/c20-26(23,24)18-11-5-7-15(13-18)21-19(22)14-6-4-10-17(12-14)25-16-8-2-1-3-9-16;;;/h1-13H,(H,21,22)(H2,20,23,24);3*1H. The number of carbonyl (C=O) groups is 1. The van der Waals surface area contributed by atoms with E-state index in [0.29, 0.717) is 22.7 Å². The van der Waals surface area contributed by atoms with Gasteiger partial charge in [-0.3, -0.25) is 4.79 Å². The van der Waals surface area contributed by atoms with Gasteiger partial charge in [0.1, 0.15) is 11.5 Å². The molecule has 0 atom stereocenters. The molecule has 0 aliphatic rings. The minimum Gasteiger partial charge on any atom is -0.457 e. The number of anilines is 1. The van der Waals surface area contributed by atoms with E-state index in [2.05, 4.69) is 5.32 Å². The summed E-state index contributed by atoms with van der Waals surface area (Å²) in [6, 6.07) is 21.6. The number of nitrogens with one attached hydrogen (secondary N) is 1. The molecule has 3 rings (SSSR count). The number of sulfonamides is 1. The zero-order chi connectivity index (χ0) is 18.6. The molecule has 3 aromatic rings. The van der Waals surface area contributed by atoms with E-state index in [9.17, 15) is 13.2 Å². The highest BCUT2D eigenvalue weighted by Gasteiger charge is 2.11. The monoisotopic (exact) mass is 374 g/mol. The first-order chi connectivity index (χ1) is 12.4. The smallest absolute Gasteiger partial charge is 0.255 e. The predicted octanol–water partition coefficient (Wildman–Crippen LogP) is 4.12. The van der Waals surface area contributed by atoms with E-state index in [1.54, 1.807) is 30.3 Å². The van der Waals surface area contributed by atoms with Crippen LogP contribution in [0.2, 0.25) is 0 Å². The zero-order valence-electron chi connectivity index (χ0n) is 13.6. The number of hydrogen-bond acceptors (Lipinski definition) is 4. The van der Waals surface area contributed by atoms with Crippen LogP contribution in [0.3, 0.4) is 0 Å². The van der Waals surface area contributed by atoms with Crippen LogP contribution in [0.4, 0.5) is 5.69 Å². The quantitative estimate of drug-likeness (QED) is 0.702. The Balaban J connectivity index is 0.00000261. The first-order valence-corrected chi connectivity index (χ1v) is 9.24. The van der Waals surface area contributed by atoms with Crippen molar-refractivity contribution >= 4 is 21.6 Å². The van der Waals surface area contributed by atoms with Crippen molar-refractivity contribution in [3.8, 4) is 11.5 Å². The van der Waals surface area contributed by atoms with Gasteiger partial charge in [-0.1, -0.05) is 30.3 Å². The minimum atomic E-state index is -3.84. The van der Waals surface area contributed by atoms with Crippen LogP contribution in [0.5, 0.6) is 11.5 Å². The van der Waals surface area contributed by atoms with Gasteiger partial charge in [-0.2, -0.15) is 0 Å². The van der Waals surface area contributed by atoms with E-state index >= 15 is 0 Å². The molecule has 0 heterocycles. The second-order valence-electron chi connectivity index (χ2n) is 5.47. The SMILES string of the molecule is NS(=O)(=O)c1cccc(NC(=O)c2cccc(Oc3ccccc3)c2)c1.[HH].[HH].[HH]. The number of amides is 1. The number of para-hydroxylation sites is 1. The highest BCUT2D eigenvalue weighted by molar-refractivity contribution is 7.89. The van der Waals surface area contributed by atoms with Crippen LogP contribution < -0.4 is 15.2 Å². The highest BCUT2D eigenvalue weighted by Crippen LogP contribution is 2.22. The summed E-state index contributed by atoms with van der Waals surface area (Å²) >= 11 is 0. The Morgan fingerprint density at radius 3 is 2.31 bits per heavy atom. The van der Waals surface area contributed by atoms with Crippen molar-refractivity contribution in [3.05, 3.63) is 84.4 Å². The summed E-state index contributed by atoms with van der Waals surface area (Å²) in [4.78, 5) is 12.4. The lowest BCUT2D eigenvalue weighted by molar-refractivity contribution is 0.102. The third-order valence-corrected chi connectivity index (χ3v) is 4.41. The van der Waals surface area contributed by atoms with Gasteiger partial charge >= 0.3 is 0 Å². The third kappa shape index (κ3) is 4.47. The van der Waals surface area contributed by atoms with Crippen molar-refractivity contribution in [1.29, 1.82) is 0 Å². The summed E-state index contributed by atoms with van der Waals surface area (Å²) in [7, 11) is -3.84. The Morgan fingerprint density at radius 1 is 0.885 bits per heavy atom. The topological polar surface area (TPSA) is 98.5 Å².